The van der Waals surface area contributed by atoms with Crippen molar-refractivity contribution in [1.29, 1.82) is 5.26 Å². The summed E-state index contributed by atoms with van der Waals surface area (Å²) in [4.78, 5) is 14.1. The minimum atomic E-state index is -0.290. The van der Waals surface area contributed by atoms with Gasteiger partial charge in [0, 0.05) is 13.2 Å². The largest absolute Gasteiger partial charge is 0.380 e. The van der Waals surface area contributed by atoms with Crippen LogP contribution in [0.15, 0.2) is 24.3 Å². The van der Waals surface area contributed by atoms with Crippen molar-refractivity contribution in [3.05, 3.63) is 29.8 Å². The highest BCUT2D eigenvalue weighted by Gasteiger charge is 2.18. The number of anilines is 1. The number of amides is 1. The number of benzene rings is 1. The Morgan fingerprint density at radius 3 is 2.85 bits per heavy atom. The number of hydrogen-bond donors (Lipinski definition) is 1. The van der Waals surface area contributed by atoms with Crippen molar-refractivity contribution in [3.63, 3.8) is 0 Å². The molecule has 5 heteroatoms. The topological polar surface area (TPSA) is 65.4 Å². The van der Waals surface area contributed by atoms with E-state index in [4.69, 9.17) is 10.00 Å². The van der Waals surface area contributed by atoms with Gasteiger partial charge in [-0.1, -0.05) is 12.1 Å². The predicted molar refractivity (Wildman–Crippen MR) is 78.4 cm³/mol. The molecule has 0 fully saturated rings. The minimum absolute atomic E-state index is 0.133. The molecule has 0 aliphatic rings. The van der Waals surface area contributed by atoms with Gasteiger partial charge in [-0.2, -0.15) is 5.26 Å². The molecule has 20 heavy (non-hydrogen) atoms. The standard InChI is InChI=1S/C15H21N3O2/c1-4-20-10-9-18(3)12(2)15(19)17-14-8-6-5-7-13(14)11-16/h5-8,12H,4,9-10H2,1-3H3,(H,17,19). The van der Waals surface area contributed by atoms with Crippen LogP contribution in [0.5, 0.6) is 0 Å². The first-order chi connectivity index (χ1) is 9.60. The van der Waals surface area contributed by atoms with Gasteiger partial charge in [-0.25, -0.2) is 0 Å². The highest BCUT2D eigenvalue weighted by Crippen LogP contribution is 2.14. The van der Waals surface area contributed by atoms with Gasteiger partial charge in [0.25, 0.3) is 0 Å². The highest BCUT2D eigenvalue weighted by molar-refractivity contribution is 5.95. The van der Waals surface area contributed by atoms with E-state index in [0.29, 0.717) is 31.0 Å². The van der Waals surface area contributed by atoms with E-state index >= 15 is 0 Å². The molecular formula is C15H21N3O2. The van der Waals surface area contributed by atoms with E-state index in [1.807, 2.05) is 25.8 Å². The summed E-state index contributed by atoms with van der Waals surface area (Å²) in [5.41, 5.74) is 1.01. The zero-order valence-electron chi connectivity index (χ0n) is 12.2. The molecule has 1 rings (SSSR count). The summed E-state index contributed by atoms with van der Waals surface area (Å²) in [6.07, 6.45) is 0. The molecule has 1 amide bonds. The highest BCUT2D eigenvalue weighted by atomic mass is 16.5. The number of ether oxygens (including phenoxy) is 1. The van der Waals surface area contributed by atoms with Crippen molar-refractivity contribution in [3.8, 4) is 6.07 Å². The second-order valence-corrected chi connectivity index (χ2v) is 4.50. The van der Waals surface area contributed by atoms with Crippen molar-refractivity contribution >= 4 is 11.6 Å². The Morgan fingerprint density at radius 2 is 2.20 bits per heavy atom. The van der Waals surface area contributed by atoms with Crippen LogP contribution in [-0.2, 0) is 9.53 Å². The van der Waals surface area contributed by atoms with Gasteiger partial charge in [0.1, 0.15) is 6.07 Å². The summed E-state index contributed by atoms with van der Waals surface area (Å²) < 4.78 is 5.27. The van der Waals surface area contributed by atoms with Crippen LogP contribution in [0.25, 0.3) is 0 Å². The average Bonchev–Trinajstić information content (AvgIpc) is 2.47. The number of nitrogens with zero attached hydrogens (tertiary/aromatic N) is 2. The summed E-state index contributed by atoms with van der Waals surface area (Å²) in [6, 6.07) is 8.74. The Bertz CT molecular complexity index is 482. The Labute approximate surface area is 120 Å². The normalized spacial score (nSPS) is 11.9. The molecular weight excluding hydrogens is 254 g/mol. The van der Waals surface area contributed by atoms with Crippen LogP contribution < -0.4 is 5.32 Å². The molecule has 0 heterocycles. The molecule has 1 aromatic carbocycles. The second-order valence-electron chi connectivity index (χ2n) is 4.50. The SMILES string of the molecule is CCOCCN(C)C(C)C(=O)Nc1ccccc1C#N. The lowest BCUT2D eigenvalue weighted by Gasteiger charge is -2.23. The van der Waals surface area contributed by atoms with E-state index in [1.54, 1.807) is 24.3 Å². The molecule has 0 saturated carbocycles. The molecule has 108 valence electrons. The third-order valence-corrected chi connectivity index (χ3v) is 3.14. The zero-order valence-corrected chi connectivity index (χ0v) is 12.2. The summed E-state index contributed by atoms with van der Waals surface area (Å²) in [5.74, 6) is -0.133. The van der Waals surface area contributed by atoms with Gasteiger partial charge in [0.2, 0.25) is 5.91 Å². The van der Waals surface area contributed by atoms with Gasteiger partial charge in [-0.05, 0) is 33.0 Å². The van der Waals surface area contributed by atoms with E-state index < -0.39 is 0 Å². The quantitative estimate of drug-likeness (QED) is 0.771. The fourth-order valence-corrected chi connectivity index (χ4v) is 1.67. The Hall–Kier alpha value is -1.90. The van der Waals surface area contributed by atoms with Gasteiger partial charge in [-0.3, -0.25) is 9.69 Å². The van der Waals surface area contributed by atoms with E-state index in [9.17, 15) is 4.79 Å². The lowest BCUT2D eigenvalue weighted by atomic mass is 10.2. The van der Waals surface area contributed by atoms with E-state index in [1.165, 1.54) is 0 Å². The monoisotopic (exact) mass is 275 g/mol. The molecule has 0 bridgehead atoms. The number of nitrogens with one attached hydrogen (secondary N) is 1. The number of likely N-dealkylation sites (N-methyl/N-ethyl adjacent to an activating group) is 1. The van der Waals surface area contributed by atoms with E-state index in [0.717, 1.165) is 0 Å². The summed E-state index contributed by atoms with van der Waals surface area (Å²) in [5, 5.41) is 11.8. The number of carbonyl (C=O) groups is 1. The molecule has 5 nitrogen and oxygen atoms in total. The molecule has 1 N–H and O–H groups in total. The summed E-state index contributed by atoms with van der Waals surface area (Å²) >= 11 is 0. The van der Waals surface area contributed by atoms with Crippen LogP contribution >= 0.6 is 0 Å². The van der Waals surface area contributed by atoms with Gasteiger partial charge >= 0.3 is 0 Å². The van der Waals surface area contributed by atoms with Crippen LogP contribution in [0.3, 0.4) is 0 Å². The first kappa shape index (κ1) is 16.2. The van der Waals surface area contributed by atoms with Crippen LogP contribution in [-0.4, -0.2) is 43.7 Å². The minimum Gasteiger partial charge on any atom is -0.380 e. The maximum absolute atomic E-state index is 12.2. The van der Waals surface area contributed by atoms with Crippen molar-refractivity contribution in [2.45, 2.75) is 19.9 Å². The number of para-hydroxylation sites is 1. The van der Waals surface area contributed by atoms with Crippen LogP contribution in [0.2, 0.25) is 0 Å². The van der Waals surface area contributed by atoms with E-state index in [-0.39, 0.29) is 11.9 Å². The predicted octanol–water partition coefficient (Wildman–Crippen LogP) is 1.85. The average molecular weight is 275 g/mol. The number of hydrogen-bond acceptors (Lipinski definition) is 4. The second kappa shape index (κ2) is 8.31. The van der Waals surface area contributed by atoms with Crippen molar-refractivity contribution in [2.24, 2.45) is 0 Å². The molecule has 1 atom stereocenters. The summed E-state index contributed by atoms with van der Waals surface area (Å²) in [7, 11) is 1.87. The molecule has 0 radical (unpaired) electrons. The third kappa shape index (κ3) is 4.65. The van der Waals surface area contributed by atoms with Gasteiger partial charge in [0.05, 0.1) is 23.9 Å². The molecule has 0 aliphatic heterocycles. The molecule has 0 spiro atoms. The maximum Gasteiger partial charge on any atom is 0.241 e. The number of rotatable bonds is 7. The van der Waals surface area contributed by atoms with Gasteiger partial charge in [-0.15, -0.1) is 0 Å². The molecule has 0 aromatic heterocycles. The van der Waals surface area contributed by atoms with Crippen molar-refractivity contribution in [2.75, 3.05) is 32.1 Å². The van der Waals surface area contributed by atoms with Crippen LogP contribution in [0.1, 0.15) is 19.4 Å². The fraction of sp³-hybridized carbons (Fsp3) is 0.467. The maximum atomic E-state index is 12.2. The molecule has 1 unspecified atom stereocenters. The lowest BCUT2D eigenvalue weighted by molar-refractivity contribution is -0.120. The lowest BCUT2D eigenvalue weighted by Crippen LogP contribution is -2.41. The summed E-state index contributed by atoms with van der Waals surface area (Å²) in [6.45, 7) is 5.72. The van der Waals surface area contributed by atoms with E-state index in [2.05, 4.69) is 11.4 Å². The van der Waals surface area contributed by atoms with Gasteiger partial charge < -0.3 is 10.1 Å². The van der Waals surface area contributed by atoms with Crippen LogP contribution in [0, 0.1) is 11.3 Å². The Kier molecular flexibility index (Phi) is 6.71. The first-order valence-corrected chi connectivity index (χ1v) is 6.68. The smallest absolute Gasteiger partial charge is 0.241 e. The molecule has 1 aromatic rings. The Morgan fingerprint density at radius 1 is 1.50 bits per heavy atom. The van der Waals surface area contributed by atoms with Crippen LogP contribution in [0.4, 0.5) is 5.69 Å². The molecule has 0 aliphatic carbocycles. The fourth-order valence-electron chi connectivity index (χ4n) is 1.67. The molecule has 0 saturated heterocycles. The number of carbonyl (C=O) groups excluding carboxylic acids is 1. The van der Waals surface area contributed by atoms with Gasteiger partial charge in [0.15, 0.2) is 0 Å². The van der Waals surface area contributed by atoms with Crippen molar-refractivity contribution < 1.29 is 9.53 Å². The third-order valence-electron chi connectivity index (χ3n) is 3.14. The number of nitriles is 1. The zero-order chi connectivity index (χ0) is 15.0. The Balaban J connectivity index is 2.59. The first-order valence-electron chi connectivity index (χ1n) is 6.68. The van der Waals surface area contributed by atoms with Crippen molar-refractivity contribution in [1.82, 2.24) is 4.90 Å².